The Bertz CT molecular complexity index is 967. The second-order valence-corrected chi connectivity index (χ2v) is 7.65. The van der Waals surface area contributed by atoms with Crippen molar-refractivity contribution in [3.63, 3.8) is 0 Å². The predicted octanol–water partition coefficient (Wildman–Crippen LogP) is 3.46. The molecule has 0 aromatic heterocycles. The second-order valence-electron chi connectivity index (χ2n) is 7.65. The van der Waals surface area contributed by atoms with Crippen molar-refractivity contribution in [3.05, 3.63) is 58.7 Å². The number of rotatable bonds is 5. The van der Waals surface area contributed by atoms with Crippen molar-refractivity contribution < 1.29 is 19.1 Å². The molecule has 1 heterocycles. The quantitative estimate of drug-likeness (QED) is 0.788. The third-order valence-electron chi connectivity index (χ3n) is 5.27. The molecule has 152 valence electrons. The van der Waals surface area contributed by atoms with Crippen molar-refractivity contribution in [1.82, 2.24) is 0 Å². The average Bonchev–Trinajstić information content (AvgIpc) is 3.07. The smallest absolute Gasteiger partial charge is 0.311 e. The van der Waals surface area contributed by atoms with Crippen LogP contribution in [0, 0.1) is 33.6 Å². The normalized spacial score (nSPS) is 16.1. The van der Waals surface area contributed by atoms with Crippen LogP contribution in [0.15, 0.2) is 36.4 Å². The zero-order valence-electron chi connectivity index (χ0n) is 17.2. The highest BCUT2D eigenvalue weighted by Gasteiger charge is 2.36. The zero-order chi connectivity index (χ0) is 21.1. The maximum Gasteiger partial charge on any atom is 0.311 e. The van der Waals surface area contributed by atoms with E-state index < -0.39 is 17.8 Å². The Labute approximate surface area is 170 Å². The Hall–Kier alpha value is -3.15. The summed E-state index contributed by atoms with van der Waals surface area (Å²) in [6.45, 7) is 7.72. The van der Waals surface area contributed by atoms with E-state index in [4.69, 9.17) is 4.74 Å². The van der Waals surface area contributed by atoms with E-state index in [2.05, 4.69) is 5.32 Å². The number of anilines is 2. The van der Waals surface area contributed by atoms with Crippen molar-refractivity contribution in [2.24, 2.45) is 5.92 Å². The van der Waals surface area contributed by atoms with Gasteiger partial charge in [0.05, 0.1) is 5.92 Å². The van der Waals surface area contributed by atoms with E-state index in [1.54, 1.807) is 4.90 Å². The molecule has 2 amide bonds. The fraction of sp³-hybridized carbons (Fsp3) is 0.348. The van der Waals surface area contributed by atoms with Crippen LogP contribution in [0.25, 0.3) is 0 Å². The summed E-state index contributed by atoms with van der Waals surface area (Å²) >= 11 is 0. The summed E-state index contributed by atoms with van der Waals surface area (Å²) < 4.78 is 5.18. The largest absolute Gasteiger partial charge is 0.455 e. The lowest BCUT2D eigenvalue weighted by molar-refractivity contribution is -0.151. The average molecular weight is 394 g/mol. The molecular formula is C23H26N2O4. The van der Waals surface area contributed by atoms with Crippen molar-refractivity contribution in [1.29, 1.82) is 0 Å². The number of amides is 2. The van der Waals surface area contributed by atoms with E-state index in [1.807, 2.05) is 64.1 Å². The van der Waals surface area contributed by atoms with E-state index >= 15 is 0 Å². The third-order valence-corrected chi connectivity index (χ3v) is 5.27. The van der Waals surface area contributed by atoms with E-state index in [0.29, 0.717) is 5.69 Å². The molecule has 0 saturated carbocycles. The molecule has 1 atom stereocenters. The molecule has 29 heavy (non-hydrogen) atoms. The van der Waals surface area contributed by atoms with Gasteiger partial charge in [0.25, 0.3) is 5.91 Å². The highest BCUT2D eigenvalue weighted by Crippen LogP contribution is 2.27. The minimum atomic E-state index is -0.572. The Morgan fingerprint density at radius 2 is 1.76 bits per heavy atom. The first-order valence-electron chi connectivity index (χ1n) is 9.66. The number of carbonyl (C=O) groups excluding carboxylic acids is 3. The van der Waals surface area contributed by atoms with Crippen LogP contribution in [0.4, 0.5) is 11.4 Å². The molecule has 6 heteroatoms. The third kappa shape index (κ3) is 4.83. The highest BCUT2D eigenvalue weighted by atomic mass is 16.5. The second kappa shape index (κ2) is 8.47. The lowest BCUT2D eigenvalue weighted by atomic mass is 10.1. The summed E-state index contributed by atoms with van der Waals surface area (Å²) in [6, 6.07) is 11.5. The van der Waals surface area contributed by atoms with Gasteiger partial charge < -0.3 is 15.0 Å². The number of hydrogen-bond acceptors (Lipinski definition) is 4. The summed E-state index contributed by atoms with van der Waals surface area (Å²) in [7, 11) is 0. The minimum absolute atomic E-state index is 0.0877. The van der Waals surface area contributed by atoms with Gasteiger partial charge >= 0.3 is 5.97 Å². The molecular weight excluding hydrogens is 368 g/mol. The summed E-state index contributed by atoms with van der Waals surface area (Å²) in [6.07, 6.45) is 0.0877. The highest BCUT2D eigenvalue weighted by molar-refractivity contribution is 6.00. The van der Waals surface area contributed by atoms with Crippen LogP contribution in [0.3, 0.4) is 0 Å². The number of ether oxygens (including phenoxy) is 1. The molecule has 1 aliphatic rings. The van der Waals surface area contributed by atoms with Gasteiger partial charge in [-0.1, -0.05) is 18.2 Å². The number of nitrogens with one attached hydrogen (secondary N) is 1. The maximum absolute atomic E-state index is 12.4. The van der Waals surface area contributed by atoms with Gasteiger partial charge in [-0.3, -0.25) is 14.4 Å². The summed E-state index contributed by atoms with van der Waals surface area (Å²) in [5, 5.41) is 2.76. The first-order chi connectivity index (χ1) is 13.7. The monoisotopic (exact) mass is 394 g/mol. The Morgan fingerprint density at radius 1 is 1.03 bits per heavy atom. The number of esters is 1. The summed E-state index contributed by atoms with van der Waals surface area (Å²) in [5.74, 6) is -1.61. The molecule has 3 rings (SSSR count). The minimum Gasteiger partial charge on any atom is -0.455 e. The van der Waals surface area contributed by atoms with Gasteiger partial charge in [0.15, 0.2) is 6.61 Å². The zero-order valence-corrected chi connectivity index (χ0v) is 17.2. The van der Waals surface area contributed by atoms with Gasteiger partial charge in [0.2, 0.25) is 5.91 Å². The van der Waals surface area contributed by atoms with Gasteiger partial charge in [-0.05, 0) is 68.1 Å². The van der Waals surface area contributed by atoms with E-state index in [0.717, 1.165) is 27.9 Å². The molecule has 2 aromatic rings. The summed E-state index contributed by atoms with van der Waals surface area (Å²) in [4.78, 5) is 38.5. The van der Waals surface area contributed by atoms with E-state index in [9.17, 15) is 14.4 Å². The number of benzene rings is 2. The lowest BCUT2D eigenvalue weighted by Crippen LogP contribution is -2.28. The van der Waals surface area contributed by atoms with Gasteiger partial charge in [0, 0.05) is 24.3 Å². The molecule has 2 aromatic carbocycles. The lowest BCUT2D eigenvalue weighted by Gasteiger charge is -2.18. The van der Waals surface area contributed by atoms with Crippen molar-refractivity contribution in [2.75, 3.05) is 23.4 Å². The van der Waals surface area contributed by atoms with Crippen LogP contribution in [0.1, 0.15) is 28.7 Å². The number of hydrogen-bond donors (Lipinski definition) is 1. The fourth-order valence-electron chi connectivity index (χ4n) is 3.32. The first kappa shape index (κ1) is 20.6. The van der Waals surface area contributed by atoms with Crippen LogP contribution in [-0.4, -0.2) is 30.9 Å². The van der Waals surface area contributed by atoms with Crippen LogP contribution >= 0.6 is 0 Å². The number of nitrogens with zero attached hydrogens (tertiary/aromatic N) is 1. The van der Waals surface area contributed by atoms with Crippen molar-refractivity contribution >= 4 is 29.2 Å². The van der Waals surface area contributed by atoms with Crippen molar-refractivity contribution in [3.8, 4) is 0 Å². The molecule has 0 spiro atoms. The van der Waals surface area contributed by atoms with Gasteiger partial charge in [0.1, 0.15) is 0 Å². The van der Waals surface area contributed by atoms with Crippen LogP contribution < -0.4 is 10.2 Å². The predicted molar refractivity (Wildman–Crippen MR) is 112 cm³/mol. The number of aryl methyl sites for hydroxylation is 4. The molecule has 1 N–H and O–H groups in total. The molecule has 0 radical (unpaired) electrons. The molecule has 6 nitrogen and oxygen atoms in total. The topological polar surface area (TPSA) is 75.7 Å². The Morgan fingerprint density at radius 3 is 2.48 bits per heavy atom. The van der Waals surface area contributed by atoms with Crippen LogP contribution in [-0.2, 0) is 19.1 Å². The van der Waals surface area contributed by atoms with Gasteiger partial charge in [-0.15, -0.1) is 0 Å². The first-order valence-corrected chi connectivity index (χ1v) is 9.66. The molecule has 1 saturated heterocycles. The Balaban J connectivity index is 1.56. The standard InChI is InChI=1S/C23H26N2O4/c1-14-5-6-16(3)20(9-14)24-21(26)13-29-23(28)18-11-22(27)25(12-18)19-8-7-15(2)17(4)10-19/h5-10,18H,11-13H2,1-4H3,(H,24,26)/t18-/m0/s1. The maximum atomic E-state index is 12.4. The Kier molecular flexibility index (Phi) is 6.01. The molecule has 0 unspecified atom stereocenters. The molecule has 1 fully saturated rings. The van der Waals surface area contributed by atoms with Gasteiger partial charge in [-0.2, -0.15) is 0 Å². The van der Waals surface area contributed by atoms with Crippen LogP contribution in [0.2, 0.25) is 0 Å². The molecule has 0 bridgehead atoms. The van der Waals surface area contributed by atoms with E-state index in [1.165, 1.54) is 0 Å². The SMILES string of the molecule is Cc1ccc(C)c(NC(=O)COC(=O)[C@H]2CC(=O)N(c3ccc(C)c(C)c3)C2)c1. The molecule has 0 aliphatic carbocycles. The fourth-order valence-corrected chi connectivity index (χ4v) is 3.32. The van der Waals surface area contributed by atoms with Crippen LogP contribution in [0.5, 0.6) is 0 Å². The summed E-state index contributed by atoms with van der Waals surface area (Å²) in [5.41, 5.74) is 5.67. The van der Waals surface area contributed by atoms with Crippen molar-refractivity contribution in [2.45, 2.75) is 34.1 Å². The number of carbonyl (C=O) groups is 3. The van der Waals surface area contributed by atoms with E-state index in [-0.39, 0.29) is 25.5 Å². The van der Waals surface area contributed by atoms with Gasteiger partial charge in [-0.25, -0.2) is 0 Å². The molecule has 1 aliphatic heterocycles.